The maximum atomic E-state index is 10.6. The van der Waals surface area contributed by atoms with E-state index in [0.717, 1.165) is 6.20 Å². The van der Waals surface area contributed by atoms with E-state index in [-0.39, 0.29) is 11.6 Å². The van der Waals surface area contributed by atoms with E-state index in [1.165, 1.54) is 13.4 Å². The maximum Gasteiger partial charge on any atom is 0.265 e. The summed E-state index contributed by atoms with van der Waals surface area (Å²) in [5, 5.41) is 10.6. The molecule has 0 fully saturated rings. The fraction of sp³-hybridized carbons (Fsp3) is 0.200. The van der Waals surface area contributed by atoms with Gasteiger partial charge in [0.15, 0.2) is 0 Å². The third-order valence-electron chi connectivity index (χ3n) is 0.838. The molecule has 4 heteroatoms. The van der Waals surface area contributed by atoms with Gasteiger partial charge in [0.05, 0.1) is 13.3 Å². The van der Waals surface area contributed by atoms with Crippen molar-refractivity contribution in [3.8, 4) is 11.6 Å². The summed E-state index contributed by atoms with van der Waals surface area (Å²) >= 11 is 0. The molecule has 0 N–H and O–H groups in total. The molecule has 1 rings (SSSR count). The highest BCUT2D eigenvalue weighted by Crippen LogP contribution is 2.19. The van der Waals surface area contributed by atoms with E-state index in [9.17, 15) is 5.11 Å². The van der Waals surface area contributed by atoms with Crippen molar-refractivity contribution in [3.63, 3.8) is 0 Å². The van der Waals surface area contributed by atoms with Crippen molar-refractivity contribution in [2.24, 2.45) is 0 Å². The Kier molecular flexibility index (Phi) is 1.48. The van der Waals surface area contributed by atoms with Gasteiger partial charge in [-0.15, -0.1) is 0 Å². The first-order valence-electron chi connectivity index (χ1n) is 2.35. The molecule has 0 bridgehead atoms. The molecule has 0 saturated carbocycles. The van der Waals surface area contributed by atoms with Gasteiger partial charge in [0.25, 0.3) is 11.6 Å². The third-order valence-corrected chi connectivity index (χ3v) is 0.838. The molecule has 1 aromatic heterocycles. The normalized spacial score (nSPS) is 9.00. The Morgan fingerprint density at radius 1 is 1.67 bits per heavy atom. The molecule has 0 aliphatic rings. The zero-order chi connectivity index (χ0) is 6.69. The molecule has 1 aromatic rings. The number of hydrogen-bond donors (Lipinski definition) is 0. The lowest BCUT2D eigenvalue weighted by atomic mass is 10.6. The maximum absolute atomic E-state index is 10.6. The predicted octanol–water partition coefficient (Wildman–Crippen LogP) is 0.629. The van der Waals surface area contributed by atoms with E-state index >= 15 is 0 Å². The lowest BCUT2D eigenvalue weighted by Crippen LogP contribution is -1.86. The Hall–Kier alpha value is -1.32. The van der Waals surface area contributed by atoms with Crippen molar-refractivity contribution in [2.75, 3.05) is 7.11 Å². The Morgan fingerprint density at radius 3 is 2.89 bits per heavy atom. The smallest absolute Gasteiger partial charge is 0.265 e. The molecular formula is C5H5N2O2. The van der Waals surface area contributed by atoms with Crippen LogP contribution in [0.1, 0.15) is 0 Å². The highest BCUT2D eigenvalue weighted by Gasteiger charge is 2.00. The number of aromatic nitrogens is 2. The second-order valence-corrected chi connectivity index (χ2v) is 1.40. The number of hydrogen-bond acceptors (Lipinski definition) is 3. The van der Waals surface area contributed by atoms with Gasteiger partial charge in [-0.2, -0.15) is 4.98 Å². The lowest BCUT2D eigenvalue weighted by Gasteiger charge is -1.94. The van der Waals surface area contributed by atoms with Gasteiger partial charge in [0, 0.05) is 0 Å². The Balaban J connectivity index is 3.01. The number of nitrogens with zero attached hydrogens (tertiary/aromatic N) is 2. The van der Waals surface area contributed by atoms with Gasteiger partial charge in [-0.1, -0.05) is 0 Å². The van der Waals surface area contributed by atoms with Crippen LogP contribution in [-0.4, -0.2) is 17.1 Å². The van der Waals surface area contributed by atoms with Crippen LogP contribution in [-0.2, 0) is 5.11 Å². The molecule has 0 amide bonds. The summed E-state index contributed by atoms with van der Waals surface area (Å²) in [4.78, 5) is 7.04. The van der Waals surface area contributed by atoms with Gasteiger partial charge in [-0.25, -0.2) is 4.98 Å². The first kappa shape index (κ1) is 5.81. The minimum Gasteiger partial charge on any atom is -0.478 e. The minimum atomic E-state index is -0.292. The van der Waals surface area contributed by atoms with E-state index in [1.807, 2.05) is 0 Å². The fourth-order valence-electron chi connectivity index (χ4n) is 0.459. The van der Waals surface area contributed by atoms with Crippen LogP contribution < -0.4 is 4.74 Å². The molecule has 0 aliphatic heterocycles. The van der Waals surface area contributed by atoms with E-state index in [1.54, 1.807) is 0 Å². The van der Waals surface area contributed by atoms with Crippen LogP contribution in [0, 0.1) is 0 Å². The Morgan fingerprint density at radius 2 is 2.44 bits per heavy atom. The van der Waals surface area contributed by atoms with Gasteiger partial charge >= 0.3 is 0 Å². The largest absolute Gasteiger partial charge is 0.478 e. The molecular weight excluding hydrogens is 120 g/mol. The van der Waals surface area contributed by atoms with Crippen LogP contribution in [0.5, 0.6) is 11.6 Å². The topological polar surface area (TPSA) is 54.9 Å². The summed E-state index contributed by atoms with van der Waals surface area (Å²) in [5.41, 5.74) is 0. The molecule has 1 radical (unpaired) electrons. The Bertz CT molecular complexity index is 202. The summed E-state index contributed by atoms with van der Waals surface area (Å²) in [7, 11) is 1.39. The standard InChI is InChI=1S/C5H5N2O2/c1-9-5-4(8)2-6-3-7-5/h2-3H,1H3. The average Bonchev–Trinajstić information content (AvgIpc) is 1.89. The van der Waals surface area contributed by atoms with Crippen LogP contribution in [0.3, 0.4) is 0 Å². The molecule has 0 aromatic carbocycles. The molecule has 0 saturated heterocycles. The Labute approximate surface area is 52.1 Å². The highest BCUT2D eigenvalue weighted by atomic mass is 16.5. The zero-order valence-corrected chi connectivity index (χ0v) is 4.87. The lowest BCUT2D eigenvalue weighted by molar-refractivity contribution is 0.304. The number of methoxy groups -OCH3 is 1. The molecule has 4 nitrogen and oxygen atoms in total. The van der Waals surface area contributed by atoms with Crippen molar-refractivity contribution in [2.45, 2.75) is 0 Å². The molecule has 0 unspecified atom stereocenters. The SMILES string of the molecule is COc1ncncc1[O]. The summed E-state index contributed by atoms with van der Waals surface area (Å²) in [5.74, 6) is -0.204. The van der Waals surface area contributed by atoms with Crippen molar-refractivity contribution < 1.29 is 9.84 Å². The van der Waals surface area contributed by atoms with E-state index < -0.39 is 0 Å². The summed E-state index contributed by atoms with van der Waals surface area (Å²) < 4.78 is 4.58. The summed E-state index contributed by atoms with van der Waals surface area (Å²) in [6.07, 6.45) is 2.42. The highest BCUT2D eigenvalue weighted by molar-refractivity contribution is 5.26. The van der Waals surface area contributed by atoms with Gasteiger partial charge in [0.1, 0.15) is 6.33 Å². The van der Waals surface area contributed by atoms with E-state index in [0.29, 0.717) is 0 Å². The molecule has 0 aliphatic carbocycles. The zero-order valence-electron chi connectivity index (χ0n) is 4.87. The minimum absolute atomic E-state index is 0.0880. The average molecular weight is 125 g/mol. The first-order chi connectivity index (χ1) is 4.34. The molecule has 9 heavy (non-hydrogen) atoms. The van der Waals surface area contributed by atoms with Gasteiger partial charge in [-0.05, 0) is 0 Å². The quantitative estimate of drug-likeness (QED) is 0.553. The first-order valence-corrected chi connectivity index (χ1v) is 2.35. The van der Waals surface area contributed by atoms with Crippen molar-refractivity contribution >= 4 is 0 Å². The van der Waals surface area contributed by atoms with Gasteiger partial charge in [0.2, 0.25) is 0 Å². The van der Waals surface area contributed by atoms with Gasteiger partial charge < -0.3 is 4.74 Å². The molecule has 0 atom stereocenters. The summed E-state index contributed by atoms with van der Waals surface area (Å²) in [6, 6.07) is 0. The van der Waals surface area contributed by atoms with Crippen LogP contribution in [0.4, 0.5) is 0 Å². The predicted molar refractivity (Wildman–Crippen MR) is 28.7 cm³/mol. The van der Waals surface area contributed by atoms with E-state index in [2.05, 4.69) is 14.7 Å². The fourth-order valence-corrected chi connectivity index (χ4v) is 0.459. The number of rotatable bonds is 1. The van der Waals surface area contributed by atoms with Crippen molar-refractivity contribution in [3.05, 3.63) is 12.5 Å². The van der Waals surface area contributed by atoms with Crippen molar-refractivity contribution in [1.82, 2.24) is 9.97 Å². The van der Waals surface area contributed by atoms with Gasteiger partial charge in [-0.3, -0.25) is 5.11 Å². The van der Waals surface area contributed by atoms with Crippen LogP contribution >= 0.6 is 0 Å². The second kappa shape index (κ2) is 2.30. The van der Waals surface area contributed by atoms with Crippen LogP contribution in [0.15, 0.2) is 12.5 Å². The van der Waals surface area contributed by atoms with Crippen LogP contribution in [0.25, 0.3) is 0 Å². The van der Waals surface area contributed by atoms with Crippen molar-refractivity contribution in [1.29, 1.82) is 0 Å². The molecule has 47 valence electrons. The van der Waals surface area contributed by atoms with E-state index in [4.69, 9.17) is 0 Å². The van der Waals surface area contributed by atoms with Crippen LogP contribution in [0.2, 0.25) is 0 Å². The second-order valence-electron chi connectivity index (χ2n) is 1.40. The molecule has 0 spiro atoms. The number of ether oxygens (including phenoxy) is 1. The monoisotopic (exact) mass is 125 g/mol. The summed E-state index contributed by atoms with van der Waals surface area (Å²) in [6.45, 7) is 0. The molecule has 1 heterocycles. The third kappa shape index (κ3) is 1.07.